The van der Waals surface area contributed by atoms with Crippen molar-refractivity contribution in [1.82, 2.24) is 10.3 Å². The average Bonchev–Trinajstić information content (AvgIpc) is 2.90. The summed E-state index contributed by atoms with van der Waals surface area (Å²) in [4.78, 5) is 18.4. The van der Waals surface area contributed by atoms with Crippen LogP contribution in [0.1, 0.15) is 23.4 Å². The first-order valence-electron chi connectivity index (χ1n) is 7.31. The number of methoxy groups -OCH3 is 1. The molecule has 0 unspecified atom stereocenters. The zero-order valence-corrected chi connectivity index (χ0v) is 14.3. The molecule has 1 aromatic rings. The maximum atomic E-state index is 12.7. The highest BCUT2D eigenvalue weighted by Gasteiger charge is 2.40. The van der Waals surface area contributed by atoms with Gasteiger partial charge in [0.15, 0.2) is 5.13 Å². The molecule has 1 amide bonds. The van der Waals surface area contributed by atoms with E-state index in [4.69, 9.17) is 9.47 Å². The van der Waals surface area contributed by atoms with E-state index in [2.05, 4.69) is 15.6 Å². The number of hydrogen-bond acceptors (Lipinski definition) is 6. The molecule has 0 bridgehead atoms. The van der Waals surface area contributed by atoms with Gasteiger partial charge < -0.3 is 20.1 Å². The summed E-state index contributed by atoms with van der Waals surface area (Å²) < 4.78 is 10.7. The molecular weight excluding hydrogens is 326 g/mol. The van der Waals surface area contributed by atoms with Crippen molar-refractivity contribution in [2.24, 2.45) is 5.41 Å². The number of halogens is 1. The predicted molar refractivity (Wildman–Crippen MR) is 87.8 cm³/mol. The number of nitrogens with zero attached hydrogens (tertiary/aromatic N) is 1. The van der Waals surface area contributed by atoms with Gasteiger partial charge in [-0.05, 0) is 25.9 Å². The summed E-state index contributed by atoms with van der Waals surface area (Å²) in [5.74, 6) is 0.0258. The van der Waals surface area contributed by atoms with E-state index >= 15 is 0 Å². The monoisotopic (exact) mass is 347 g/mol. The van der Waals surface area contributed by atoms with Crippen LogP contribution >= 0.6 is 23.7 Å². The Hall–Kier alpha value is -0.730. The van der Waals surface area contributed by atoms with E-state index in [1.54, 1.807) is 7.11 Å². The molecule has 1 fully saturated rings. The summed E-state index contributed by atoms with van der Waals surface area (Å²) in [5, 5.41) is 6.98. The Balaban J connectivity index is 0.00000176. The van der Waals surface area contributed by atoms with Gasteiger partial charge in [0.2, 0.25) is 5.91 Å². The number of aromatic nitrogens is 1. The average molecular weight is 348 g/mol. The lowest BCUT2D eigenvalue weighted by Crippen LogP contribution is -2.47. The number of carbonyl (C=O) groups excluding carboxylic acids is 1. The van der Waals surface area contributed by atoms with E-state index in [0.717, 1.165) is 42.9 Å². The largest absolute Gasteiger partial charge is 0.384 e. The Kier molecular flexibility index (Phi) is 6.17. The highest BCUT2D eigenvalue weighted by atomic mass is 35.5. The molecule has 0 aromatic carbocycles. The number of ether oxygens (including phenoxy) is 2. The van der Waals surface area contributed by atoms with Crippen LogP contribution in [0.25, 0.3) is 0 Å². The van der Waals surface area contributed by atoms with Gasteiger partial charge in [-0.3, -0.25) is 4.79 Å². The molecule has 0 aliphatic carbocycles. The Morgan fingerprint density at radius 1 is 1.50 bits per heavy atom. The van der Waals surface area contributed by atoms with E-state index in [1.807, 2.05) is 0 Å². The van der Waals surface area contributed by atoms with E-state index in [9.17, 15) is 4.79 Å². The number of anilines is 1. The zero-order chi connectivity index (χ0) is 14.7. The SMILES string of the molecule is COCC1(C(=O)Nc2nc3c(s2)COCC3)CCNCC1.Cl. The second kappa shape index (κ2) is 7.70. The lowest BCUT2D eigenvalue weighted by molar-refractivity contribution is -0.130. The highest BCUT2D eigenvalue weighted by Crippen LogP contribution is 2.33. The van der Waals surface area contributed by atoms with E-state index in [-0.39, 0.29) is 18.3 Å². The van der Waals surface area contributed by atoms with Crippen LogP contribution in [0.4, 0.5) is 5.13 Å². The Morgan fingerprint density at radius 3 is 2.95 bits per heavy atom. The van der Waals surface area contributed by atoms with Crippen LogP contribution < -0.4 is 10.6 Å². The van der Waals surface area contributed by atoms with Crippen LogP contribution in [0, 0.1) is 5.41 Å². The summed E-state index contributed by atoms with van der Waals surface area (Å²) in [7, 11) is 1.65. The molecule has 3 rings (SSSR count). The molecule has 0 spiro atoms. The third kappa shape index (κ3) is 3.60. The fourth-order valence-corrected chi connectivity index (χ4v) is 3.87. The van der Waals surface area contributed by atoms with Crippen LogP contribution in [0.2, 0.25) is 0 Å². The molecule has 1 saturated heterocycles. The maximum absolute atomic E-state index is 12.7. The number of thiazole rings is 1. The first-order chi connectivity index (χ1) is 10.2. The molecule has 0 radical (unpaired) electrons. The van der Waals surface area contributed by atoms with Crippen LogP contribution in [-0.2, 0) is 27.3 Å². The standard InChI is InChI=1S/C14H21N3O3S.ClH/c1-19-9-14(3-5-15-6-4-14)12(18)17-13-16-10-2-7-20-8-11(10)21-13;/h15H,2-9H2,1H3,(H,16,17,18);1H. The summed E-state index contributed by atoms with van der Waals surface area (Å²) >= 11 is 1.52. The van der Waals surface area contributed by atoms with E-state index in [0.29, 0.717) is 25.0 Å². The molecule has 2 aliphatic rings. The van der Waals surface area contributed by atoms with Crippen molar-refractivity contribution < 1.29 is 14.3 Å². The normalized spacial score (nSPS) is 19.9. The van der Waals surface area contributed by atoms with Gasteiger partial charge in [0.05, 0.1) is 35.8 Å². The fraction of sp³-hybridized carbons (Fsp3) is 0.714. The van der Waals surface area contributed by atoms with Crippen molar-refractivity contribution in [2.45, 2.75) is 25.9 Å². The van der Waals surface area contributed by atoms with Gasteiger partial charge in [-0.15, -0.1) is 12.4 Å². The van der Waals surface area contributed by atoms with Crippen molar-refractivity contribution in [3.8, 4) is 0 Å². The first-order valence-corrected chi connectivity index (χ1v) is 8.13. The number of nitrogens with one attached hydrogen (secondary N) is 2. The van der Waals surface area contributed by atoms with Crippen molar-refractivity contribution in [3.63, 3.8) is 0 Å². The van der Waals surface area contributed by atoms with Crippen molar-refractivity contribution in [1.29, 1.82) is 0 Å². The van der Waals surface area contributed by atoms with Gasteiger partial charge in [0.25, 0.3) is 0 Å². The number of hydrogen-bond donors (Lipinski definition) is 2. The topological polar surface area (TPSA) is 72.5 Å². The lowest BCUT2D eigenvalue weighted by Gasteiger charge is -2.35. The second-order valence-electron chi connectivity index (χ2n) is 5.61. The fourth-order valence-electron chi connectivity index (χ4n) is 2.93. The molecule has 0 atom stereocenters. The molecule has 22 heavy (non-hydrogen) atoms. The molecule has 3 heterocycles. The lowest BCUT2D eigenvalue weighted by atomic mass is 9.79. The number of fused-ring (bicyclic) bond motifs is 1. The van der Waals surface area contributed by atoms with E-state index in [1.165, 1.54) is 11.3 Å². The van der Waals surface area contributed by atoms with Gasteiger partial charge in [0.1, 0.15) is 0 Å². The van der Waals surface area contributed by atoms with Gasteiger partial charge in [-0.1, -0.05) is 11.3 Å². The minimum Gasteiger partial charge on any atom is -0.384 e. The zero-order valence-electron chi connectivity index (χ0n) is 12.6. The molecule has 124 valence electrons. The van der Waals surface area contributed by atoms with Crippen molar-refractivity contribution >= 4 is 34.8 Å². The van der Waals surface area contributed by atoms with Crippen LogP contribution in [0.15, 0.2) is 0 Å². The maximum Gasteiger partial charge on any atom is 0.234 e. The summed E-state index contributed by atoms with van der Waals surface area (Å²) in [6, 6.07) is 0. The van der Waals surface area contributed by atoms with Crippen LogP contribution in [0.3, 0.4) is 0 Å². The van der Waals surface area contributed by atoms with Gasteiger partial charge in [-0.25, -0.2) is 4.98 Å². The number of amides is 1. The highest BCUT2D eigenvalue weighted by molar-refractivity contribution is 7.15. The van der Waals surface area contributed by atoms with Crippen molar-refractivity contribution in [2.75, 3.05) is 38.7 Å². The van der Waals surface area contributed by atoms with Crippen LogP contribution in [-0.4, -0.2) is 44.3 Å². The molecule has 8 heteroatoms. The van der Waals surface area contributed by atoms with Crippen molar-refractivity contribution in [3.05, 3.63) is 10.6 Å². The summed E-state index contributed by atoms with van der Waals surface area (Å²) in [6.45, 7) is 3.46. The second-order valence-corrected chi connectivity index (χ2v) is 6.69. The van der Waals surface area contributed by atoms with Gasteiger partial charge in [-0.2, -0.15) is 0 Å². The number of rotatable bonds is 4. The number of piperidine rings is 1. The molecule has 1 aromatic heterocycles. The minimum absolute atomic E-state index is 0. The molecule has 0 saturated carbocycles. The van der Waals surface area contributed by atoms with E-state index < -0.39 is 5.41 Å². The van der Waals surface area contributed by atoms with Crippen LogP contribution in [0.5, 0.6) is 0 Å². The molecule has 6 nitrogen and oxygen atoms in total. The summed E-state index contributed by atoms with van der Waals surface area (Å²) in [5.41, 5.74) is 0.621. The molecular formula is C14H22ClN3O3S. The number of carbonyl (C=O) groups is 1. The third-order valence-corrected chi connectivity index (χ3v) is 5.16. The Morgan fingerprint density at radius 2 is 2.27 bits per heavy atom. The molecule has 2 aliphatic heterocycles. The third-order valence-electron chi connectivity index (χ3n) is 4.18. The molecule has 2 N–H and O–H groups in total. The Bertz CT molecular complexity index is 488. The van der Waals surface area contributed by atoms with Gasteiger partial charge in [0, 0.05) is 13.5 Å². The Labute approximate surface area is 140 Å². The van der Waals surface area contributed by atoms with Gasteiger partial charge >= 0.3 is 0 Å². The smallest absolute Gasteiger partial charge is 0.234 e. The minimum atomic E-state index is -0.442. The first kappa shape index (κ1) is 17.6. The predicted octanol–water partition coefficient (Wildman–Crippen LogP) is 1.59. The summed E-state index contributed by atoms with van der Waals surface area (Å²) in [6.07, 6.45) is 2.41. The quantitative estimate of drug-likeness (QED) is 0.865.